The lowest BCUT2D eigenvalue weighted by molar-refractivity contribution is 0.0853. The van der Waals surface area contributed by atoms with Crippen molar-refractivity contribution in [1.82, 2.24) is 4.90 Å². The van der Waals surface area contributed by atoms with Crippen LogP contribution >= 0.6 is 0 Å². The van der Waals surface area contributed by atoms with Crippen LogP contribution < -0.4 is 4.74 Å². The molecule has 1 aromatic rings. The van der Waals surface area contributed by atoms with Gasteiger partial charge in [0.1, 0.15) is 5.75 Å². The van der Waals surface area contributed by atoms with Crippen LogP contribution in [0.25, 0.3) is 0 Å². The van der Waals surface area contributed by atoms with Crippen molar-refractivity contribution in [2.24, 2.45) is 5.92 Å². The van der Waals surface area contributed by atoms with Gasteiger partial charge in [0.25, 0.3) is 0 Å². The van der Waals surface area contributed by atoms with Gasteiger partial charge in [-0.05, 0) is 74.7 Å². The van der Waals surface area contributed by atoms with Crippen molar-refractivity contribution in [3.8, 4) is 5.75 Å². The van der Waals surface area contributed by atoms with Crippen molar-refractivity contribution in [1.29, 1.82) is 0 Å². The number of likely N-dealkylation sites (tertiary alicyclic amines) is 1. The van der Waals surface area contributed by atoms with Crippen molar-refractivity contribution in [2.75, 3.05) is 39.5 Å². The maximum absolute atomic E-state index is 5.91. The fraction of sp³-hybridized carbons (Fsp3) is 0.700. The Balaban J connectivity index is 1.35. The van der Waals surface area contributed by atoms with Gasteiger partial charge in [-0.3, -0.25) is 0 Å². The molecule has 0 saturated carbocycles. The van der Waals surface area contributed by atoms with Gasteiger partial charge in [-0.25, -0.2) is 0 Å². The molecule has 23 heavy (non-hydrogen) atoms. The first-order valence-electron chi connectivity index (χ1n) is 9.34. The summed E-state index contributed by atoms with van der Waals surface area (Å²) < 4.78 is 11.3. The highest BCUT2D eigenvalue weighted by Crippen LogP contribution is 2.28. The van der Waals surface area contributed by atoms with Crippen LogP contribution in [0.1, 0.15) is 50.5 Å². The third-order valence-corrected chi connectivity index (χ3v) is 5.34. The second kappa shape index (κ2) is 8.70. The normalized spacial score (nSPS) is 21.4. The summed E-state index contributed by atoms with van der Waals surface area (Å²) in [6.07, 6.45) is 6.13. The van der Waals surface area contributed by atoms with E-state index in [0.717, 1.165) is 50.8 Å². The van der Waals surface area contributed by atoms with Gasteiger partial charge in [0.15, 0.2) is 0 Å². The van der Waals surface area contributed by atoms with Crippen molar-refractivity contribution in [2.45, 2.75) is 44.9 Å². The Morgan fingerprint density at radius 2 is 1.74 bits per heavy atom. The van der Waals surface area contributed by atoms with Gasteiger partial charge in [-0.1, -0.05) is 19.1 Å². The highest BCUT2D eigenvalue weighted by atomic mass is 16.5. The summed E-state index contributed by atoms with van der Waals surface area (Å²) in [5.74, 6) is 2.59. The molecule has 0 N–H and O–H groups in total. The predicted octanol–water partition coefficient (Wildman–Crippen LogP) is 4.08. The summed E-state index contributed by atoms with van der Waals surface area (Å²) in [6, 6.07) is 8.73. The lowest BCUT2D eigenvalue weighted by Crippen LogP contribution is -2.34. The molecule has 3 heteroatoms. The van der Waals surface area contributed by atoms with Gasteiger partial charge in [-0.15, -0.1) is 0 Å². The third kappa shape index (κ3) is 5.22. The maximum Gasteiger partial charge on any atom is 0.119 e. The molecule has 0 radical (unpaired) electrons. The minimum absolute atomic E-state index is 0.666. The standard InChI is InChI=1S/C20H31NO2/c1-17-7-12-21(13-8-17)11-2-14-23-20-5-3-18(4-6-20)19-9-15-22-16-10-19/h3-6,17,19H,2,7-16H2,1H3. The van der Waals surface area contributed by atoms with Crippen LogP contribution in [0.5, 0.6) is 5.75 Å². The SMILES string of the molecule is CC1CCN(CCCOc2ccc(C3CCOCC3)cc2)CC1. The molecule has 0 spiro atoms. The van der Waals surface area contributed by atoms with E-state index in [-0.39, 0.29) is 0 Å². The number of rotatable bonds is 6. The first kappa shape index (κ1) is 16.8. The molecule has 0 bridgehead atoms. The van der Waals surface area contributed by atoms with E-state index in [9.17, 15) is 0 Å². The zero-order valence-electron chi connectivity index (χ0n) is 14.5. The Bertz CT molecular complexity index is 445. The van der Waals surface area contributed by atoms with Gasteiger partial charge in [0, 0.05) is 19.8 Å². The molecule has 0 atom stereocenters. The molecule has 2 aliphatic heterocycles. The second-order valence-corrected chi connectivity index (χ2v) is 7.18. The molecule has 128 valence electrons. The number of piperidine rings is 1. The number of ether oxygens (including phenoxy) is 2. The van der Waals surface area contributed by atoms with E-state index < -0.39 is 0 Å². The smallest absolute Gasteiger partial charge is 0.119 e. The second-order valence-electron chi connectivity index (χ2n) is 7.18. The topological polar surface area (TPSA) is 21.7 Å². The van der Waals surface area contributed by atoms with E-state index in [1.54, 1.807) is 0 Å². The van der Waals surface area contributed by atoms with Crippen LogP contribution in [-0.2, 0) is 4.74 Å². The Kier molecular flexibility index (Phi) is 6.35. The van der Waals surface area contributed by atoms with Gasteiger partial charge in [0.05, 0.1) is 6.61 Å². The molecule has 0 amide bonds. The summed E-state index contributed by atoms with van der Waals surface area (Å²) in [5, 5.41) is 0. The predicted molar refractivity (Wildman–Crippen MR) is 94.2 cm³/mol. The molecule has 2 aliphatic rings. The molecule has 3 rings (SSSR count). The van der Waals surface area contributed by atoms with Crippen molar-refractivity contribution < 1.29 is 9.47 Å². The minimum Gasteiger partial charge on any atom is -0.494 e. The highest BCUT2D eigenvalue weighted by molar-refractivity contribution is 5.29. The fourth-order valence-corrected chi connectivity index (χ4v) is 3.63. The van der Waals surface area contributed by atoms with Crippen LogP contribution in [0.15, 0.2) is 24.3 Å². The number of hydrogen-bond acceptors (Lipinski definition) is 3. The molecule has 0 aromatic heterocycles. The zero-order valence-corrected chi connectivity index (χ0v) is 14.5. The number of benzene rings is 1. The third-order valence-electron chi connectivity index (χ3n) is 5.34. The lowest BCUT2D eigenvalue weighted by atomic mass is 9.92. The van der Waals surface area contributed by atoms with Crippen LogP contribution in [0, 0.1) is 5.92 Å². The molecule has 0 unspecified atom stereocenters. The van der Waals surface area contributed by atoms with Crippen LogP contribution in [0.4, 0.5) is 0 Å². The molecule has 2 heterocycles. The molecular weight excluding hydrogens is 286 g/mol. The van der Waals surface area contributed by atoms with Gasteiger partial charge < -0.3 is 14.4 Å². The van der Waals surface area contributed by atoms with E-state index in [2.05, 4.69) is 36.1 Å². The molecule has 3 nitrogen and oxygen atoms in total. The molecule has 2 fully saturated rings. The van der Waals surface area contributed by atoms with E-state index in [4.69, 9.17) is 9.47 Å². The Labute approximate surface area is 141 Å². The quantitative estimate of drug-likeness (QED) is 0.738. The van der Waals surface area contributed by atoms with Gasteiger partial charge in [0.2, 0.25) is 0 Å². The van der Waals surface area contributed by atoms with E-state index >= 15 is 0 Å². The van der Waals surface area contributed by atoms with Crippen LogP contribution in [-0.4, -0.2) is 44.4 Å². The lowest BCUT2D eigenvalue weighted by Gasteiger charge is -2.30. The van der Waals surface area contributed by atoms with Crippen molar-refractivity contribution >= 4 is 0 Å². The Morgan fingerprint density at radius 3 is 2.43 bits per heavy atom. The summed E-state index contributed by atoms with van der Waals surface area (Å²) in [7, 11) is 0. The van der Waals surface area contributed by atoms with Crippen molar-refractivity contribution in [3.63, 3.8) is 0 Å². The molecule has 0 aliphatic carbocycles. The monoisotopic (exact) mass is 317 g/mol. The first-order chi connectivity index (χ1) is 11.3. The van der Waals surface area contributed by atoms with E-state index in [0.29, 0.717) is 5.92 Å². The summed E-state index contributed by atoms with van der Waals surface area (Å²) in [6.45, 7) is 8.69. The molecular formula is C20H31NO2. The first-order valence-corrected chi connectivity index (χ1v) is 9.34. The zero-order chi connectivity index (χ0) is 15.9. The minimum atomic E-state index is 0.666. The average molecular weight is 317 g/mol. The summed E-state index contributed by atoms with van der Waals surface area (Å²) in [5.41, 5.74) is 1.43. The van der Waals surface area contributed by atoms with Crippen LogP contribution in [0.2, 0.25) is 0 Å². The summed E-state index contributed by atoms with van der Waals surface area (Å²) in [4.78, 5) is 2.58. The largest absolute Gasteiger partial charge is 0.494 e. The average Bonchev–Trinajstić information content (AvgIpc) is 2.62. The molecule has 1 aromatic carbocycles. The van der Waals surface area contributed by atoms with Crippen LogP contribution in [0.3, 0.4) is 0 Å². The van der Waals surface area contributed by atoms with E-state index in [1.165, 1.54) is 38.0 Å². The Morgan fingerprint density at radius 1 is 1.04 bits per heavy atom. The fourth-order valence-electron chi connectivity index (χ4n) is 3.63. The highest BCUT2D eigenvalue weighted by Gasteiger charge is 2.16. The summed E-state index contributed by atoms with van der Waals surface area (Å²) >= 11 is 0. The van der Waals surface area contributed by atoms with Crippen molar-refractivity contribution in [3.05, 3.63) is 29.8 Å². The maximum atomic E-state index is 5.91. The number of nitrogens with zero attached hydrogens (tertiary/aromatic N) is 1. The Hall–Kier alpha value is -1.06. The molecule has 2 saturated heterocycles. The number of hydrogen-bond donors (Lipinski definition) is 0. The van der Waals surface area contributed by atoms with E-state index in [1.807, 2.05) is 0 Å². The van der Waals surface area contributed by atoms with Gasteiger partial charge >= 0.3 is 0 Å². The van der Waals surface area contributed by atoms with Gasteiger partial charge in [-0.2, -0.15) is 0 Å².